The van der Waals surface area contributed by atoms with E-state index in [0.29, 0.717) is 6.42 Å². The quantitative estimate of drug-likeness (QED) is 0.644. The van der Waals surface area contributed by atoms with Gasteiger partial charge in [-0.1, -0.05) is 46.1 Å². The average Bonchev–Trinajstić information content (AvgIpc) is 2.94. The second-order valence-electron chi connectivity index (χ2n) is 4.60. The molecule has 0 spiro atoms. The van der Waals surface area contributed by atoms with E-state index in [4.69, 9.17) is 10.8 Å². The van der Waals surface area contributed by atoms with Crippen LogP contribution in [0.5, 0.6) is 0 Å². The number of hydrogen-bond acceptors (Lipinski definition) is 2. The fourth-order valence-corrected chi connectivity index (χ4v) is 2.38. The first-order chi connectivity index (χ1) is 9.74. The summed E-state index contributed by atoms with van der Waals surface area (Å²) in [7, 11) is 0. The summed E-state index contributed by atoms with van der Waals surface area (Å²) in [5, 5.41) is 10.6. The molecule has 0 saturated carbocycles. The third-order valence-corrected chi connectivity index (χ3v) is 3.67. The second-order valence-corrected chi connectivity index (χ2v) is 5.40. The topological polar surface area (TPSA) is 33.4 Å². The molecule has 0 aliphatic rings. The van der Waals surface area contributed by atoms with Crippen LogP contribution in [-0.4, -0.2) is 16.5 Å². The van der Waals surface area contributed by atoms with E-state index in [0.717, 1.165) is 40.8 Å². The Morgan fingerprint density at radius 2 is 2.05 bits per heavy atom. The standard InChI is InChI=1S/C17H17BrO2/c1-2-14(19)12-13-6-3-4-8-16(13)17-10-9-15(20-17)7-5-11-18/h1,3-4,6,8-10,14,19H,5,7,11-12H2. The van der Waals surface area contributed by atoms with Gasteiger partial charge in [-0.15, -0.1) is 6.42 Å². The van der Waals surface area contributed by atoms with E-state index in [2.05, 4.69) is 21.9 Å². The Labute approximate surface area is 127 Å². The number of furan rings is 1. The molecule has 1 aromatic carbocycles. The minimum absolute atomic E-state index is 0.435. The number of alkyl halides is 1. The van der Waals surface area contributed by atoms with Crippen molar-refractivity contribution in [1.29, 1.82) is 0 Å². The smallest absolute Gasteiger partial charge is 0.134 e. The summed E-state index contributed by atoms with van der Waals surface area (Å²) >= 11 is 3.42. The van der Waals surface area contributed by atoms with E-state index in [-0.39, 0.29) is 0 Å². The van der Waals surface area contributed by atoms with Crippen molar-refractivity contribution in [3.8, 4) is 23.7 Å². The van der Waals surface area contributed by atoms with Gasteiger partial charge in [-0.05, 0) is 24.1 Å². The largest absolute Gasteiger partial charge is 0.461 e. The van der Waals surface area contributed by atoms with Gasteiger partial charge in [0, 0.05) is 23.7 Å². The summed E-state index contributed by atoms with van der Waals surface area (Å²) in [5.74, 6) is 4.15. The maximum Gasteiger partial charge on any atom is 0.134 e. The van der Waals surface area contributed by atoms with Crippen LogP contribution in [0.4, 0.5) is 0 Å². The third kappa shape index (κ3) is 3.75. The maximum absolute atomic E-state index is 9.63. The number of aliphatic hydroxyl groups excluding tert-OH is 1. The van der Waals surface area contributed by atoms with E-state index in [9.17, 15) is 5.11 Å². The molecule has 0 amide bonds. The maximum atomic E-state index is 9.63. The molecule has 0 aliphatic heterocycles. The molecule has 20 heavy (non-hydrogen) atoms. The van der Waals surface area contributed by atoms with Crippen LogP contribution in [0.15, 0.2) is 40.8 Å². The Kier molecular flexibility index (Phi) is 5.46. The van der Waals surface area contributed by atoms with Gasteiger partial charge in [0.15, 0.2) is 0 Å². The number of terminal acetylenes is 1. The van der Waals surface area contributed by atoms with Crippen molar-refractivity contribution in [1.82, 2.24) is 0 Å². The molecule has 0 radical (unpaired) electrons. The van der Waals surface area contributed by atoms with Crippen LogP contribution in [0.2, 0.25) is 0 Å². The molecule has 2 aromatic rings. The van der Waals surface area contributed by atoms with Crippen molar-refractivity contribution in [3.05, 3.63) is 47.7 Å². The minimum atomic E-state index is -0.765. The van der Waals surface area contributed by atoms with Crippen molar-refractivity contribution in [3.63, 3.8) is 0 Å². The molecule has 104 valence electrons. The van der Waals surface area contributed by atoms with Crippen molar-refractivity contribution < 1.29 is 9.52 Å². The first-order valence-corrected chi connectivity index (χ1v) is 7.74. The minimum Gasteiger partial charge on any atom is -0.461 e. The zero-order valence-electron chi connectivity index (χ0n) is 11.2. The zero-order valence-corrected chi connectivity index (χ0v) is 12.8. The fourth-order valence-electron chi connectivity index (χ4n) is 2.10. The molecule has 1 N–H and O–H groups in total. The molecule has 3 heteroatoms. The van der Waals surface area contributed by atoms with Gasteiger partial charge in [-0.2, -0.15) is 0 Å². The van der Waals surface area contributed by atoms with Crippen molar-refractivity contribution in [2.75, 3.05) is 5.33 Å². The predicted octanol–water partition coefficient (Wildman–Crippen LogP) is 3.81. The van der Waals surface area contributed by atoms with E-state index in [1.54, 1.807) is 0 Å². The lowest BCUT2D eigenvalue weighted by Crippen LogP contribution is -2.07. The van der Waals surface area contributed by atoms with E-state index < -0.39 is 6.10 Å². The number of hydrogen-bond donors (Lipinski definition) is 1. The predicted molar refractivity (Wildman–Crippen MR) is 84.8 cm³/mol. The number of rotatable bonds is 6. The van der Waals surface area contributed by atoms with Crippen LogP contribution >= 0.6 is 15.9 Å². The monoisotopic (exact) mass is 332 g/mol. The van der Waals surface area contributed by atoms with Gasteiger partial charge in [0.2, 0.25) is 0 Å². The zero-order chi connectivity index (χ0) is 14.4. The van der Waals surface area contributed by atoms with Crippen molar-refractivity contribution >= 4 is 15.9 Å². The van der Waals surface area contributed by atoms with Gasteiger partial charge >= 0.3 is 0 Å². The Balaban J connectivity index is 2.23. The second kappa shape index (κ2) is 7.33. The summed E-state index contributed by atoms with van der Waals surface area (Å²) in [6.45, 7) is 0. The Hall–Kier alpha value is -1.50. The lowest BCUT2D eigenvalue weighted by molar-refractivity contribution is 0.233. The molecule has 1 unspecified atom stereocenters. The van der Waals surface area contributed by atoms with Crippen LogP contribution in [0, 0.1) is 12.3 Å². The molecule has 1 aromatic heterocycles. The van der Waals surface area contributed by atoms with Crippen LogP contribution in [0.1, 0.15) is 17.7 Å². The Bertz CT molecular complexity index is 595. The molecule has 1 heterocycles. The first kappa shape index (κ1) is 14.9. The molecular formula is C17H17BrO2. The normalized spacial score (nSPS) is 12.1. The third-order valence-electron chi connectivity index (χ3n) is 3.11. The van der Waals surface area contributed by atoms with Gasteiger partial charge in [0.25, 0.3) is 0 Å². The number of aliphatic hydroxyl groups is 1. The summed E-state index contributed by atoms with van der Waals surface area (Å²) in [6.07, 6.45) is 6.87. The summed E-state index contributed by atoms with van der Waals surface area (Å²) in [5.41, 5.74) is 1.99. The molecule has 0 aliphatic carbocycles. The molecule has 2 nitrogen and oxygen atoms in total. The summed E-state index contributed by atoms with van der Waals surface area (Å²) < 4.78 is 5.87. The summed E-state index contributed by atoms with van der Waals surface area (Å²) in [6, 6.07) is 11.8. The SMILES string of the molecule is C#CC(O)Cc1ccccc1-c1ccc(CCCBr)o1. The Morgan fingerprint density at radius 3 is 2.80 bits per heavy atom. The lowest BCUT2D eigenvalue weighted by Gasteiger charge is -2.08. The summed E-state index contributed by atoms with van der Waals surface area (Å²) in [4.78, 5) is 0. The van der Waals surface area contributed by atoms with Crippen LogP contribution in [0.3, 0.4) is 0 Å². The van der Waals surface area contributed by atoms with E-state index in [1.165, 1.54) is 0 Å². The van der Waals surface area contributed by atoms with Crippen LogP contribution < -0.4 is 0 Å². The average molecular weight is 333 g/mol. The van der Waals surface area contributed by atoms with E-state index in [1.807, 2.05) is 36.4 Å². The highest BCUT2D eigenvalue weighted by Crippen LogP contribution is 2.27. The lowest BCUT2D eigenvalue weighted by atomic mass is 10.0. The van der Waals surface area contributed by atoms with Gasteiger partial charge in [0.05, 0.1) is 0 Å². The Morgan fingerprint density at radius 1 is 1.25 bits per heavy atom. The van der Waals surface area contributed by atoms with Crippen molar-refractivity contribution in [2.24, 2.45) is 0 Å². The number of aryl methyl sites for hydroxylation is 1. The van der Waals surface area contributed by atoms with Gasteiger partial charge < -0.3 is 9.52 Å². The first-order valence-electron chi connectivity index (χ1n) is 6.61. The molecule has 0 fully saturated rings. The fraction of sp³-hybridized carbons (Fsp3) is 0.294. The molecule has 1 atom stereocenters. The van der Waals surface area contributed by atoms with Gasteiger partial charge in [-0.25, -0.2) is 0 Å². The number of benzene rings is 1. The molecular weight excluding hydrogens is 316 g/mol. The van der Waals surface area contributed by atoms with Crippen molar-refractivity contribution in [2.45, 2.75) is 25.4 Å². The van der Waals surface area contributed by atoms with Crippen LogP contribution in [-0.2, 0) is 12.8 Å². The highest BCUT2D eigenvalue weighted by atomic mass is 79.9. The molecule has 0 saturated heterocycles. The highest BCUT2D eigenvalue weighted by Gasteiger charge is 2.11. The number of halogens is 1. The van der Waals surface area contributed by atoms with Gasteiger partial charge in [-0.3, -0.25) is 0 Å². The van der Waals surface area contributed by atoms with Crippen LogP contribution in [0.25, 0.3) is 11.3 Å². The molecule has 2 rings (SSSR count). The van der Waals surface area contributed by atoms with E-state index >= 15 is 0 Å². The highest BCUT2D eigenvalue weighted by molar-refractivity contribution is 9.09. The molecule has 0 bridgehead atoms. The van der Waals surface area contributed by atoms with Gasteiger partial charge in [0.1, 0.15) is 17.6 Å².